The maximum absolute atomic E-state index is 12.6. The Hall–Kier alpha value is -2.15. The Balaban J connectivity index is 3.31. The molecule has 1 rings (SSSR count). The maximum atomic E-state index is 12.6. The molecule has 1 atom stereocenters. The number of aliphatic hydroxyl groups excluding tert-OH is 1. The molecule has 0 saturated heterocycles. The van der Waals surface area contributed by atoms with Gasteiger partial charge in [0.2, 0.25) is 0 Å². The minimum atomic E-state index is -0.873. The summed E-state index contributed by atoms with van der Waals surface area (Å²) in [4.78, 5) is 30.1. The van der Waals surface area contributed by atoms with Crippen molar-refractivity contribution in [2.45, 2.75) is 72.7 Å². The van der Waals surface area contributed by atoms with Gasteiger partial charge in [0.15, 0.2) is 5.82 Å². The number of ether oxygens (including phenoxy) is 2. The van der Waals surface area contributed by atoms with Gasteiger partial charge >= 0.3 is 12.2 Å². The zero-order valence-electron chi connectivity index (χ0n) is 16.2. The standard InChI is InChI=1S/C18H28N2O5/c1-11-9-13(12(2)21)10-19-14(11)20(15(22)24-17(3,4)5)16(23)25-18(6,7)8/h9-10,12,21H,1-8H3. The van der Waals surface area contributed by atoms with Crippen LogP contribution in [0.1, 0.15) is 65.7 Å². The first-order valence-corrected chi connectivity index (χ1v) is 8.12. The molecule has 0 fully saturated rings. The third-order valence-electron chi connectivity index (χ3n) is 2.92. The fourth-order valence-corrected chi connectivity index (χ4v) is 1.91. The zero-order valence-corrected chi connectivity index (χ0v) is 16.2. The van der Waals surface area contributed by atoms with Crippen molar-refractivity contribution in [3.05, 3.63) is 23.4 Å². The molecular weight excluding hydrogens is 324 g/mol. The van der Waals surface area contributed by atoms with Crippen LogP contribution >= 0.6 is 0 Å². The second kappa shape index (κ2) is 7.39. The minimum Gasteiger partial charge on any atom is -0.443 e. The molecule has 1 unspecified atom stereocenters. The summed E-state index contributed by atoms with van der Waals surface area (Å²) in [7, 11) is 0. The van der Waals surface area contributed by atoms with Gasteiger partial charge in [-0.1, -0.05) is 0 Å². The summed E-state index contributed by atoms with van der Waals surface area (Å²) >= 11 is 0. The Morgan fingerprint density at radius 2 is 1.52 bits per heavy atom. The van der Waals surface area contributed by atoms with Crippen molar-refractivity contribution < 1.29 is 24.2 Å². The molecule has 0 aliphatic rings. The van der Waals surface area contributed by atoms with Crippen molar-refractivity contribution in [3.63, 3.8) is 0 Å². The highest BCUT2D eigenvalue weighted by Gasteiger charge is 2.34. The lowest BCUT2D eigenvalue weighted by Crippen LogP contribution is -2.44. The van der Waals surface area contributed by atoms with E-state index in [0.29, 0.717) is 11.1 Å². The van der Waals surface area contributed by atoms with Crippen LogP contribution in [-0.2, 0) is 9.47 Å². The Kier molecular flexibility index (Phi) is 6.18. The summed E-state index contributed by atoms with van der Waals surface area (Å²) in [5.74, 6) is 0.105. The highest BCUT2D eigenvalue weighted by atomic mass is 16.6. The molecule has 1 aromatic rings. The number of anilines is 1. The van der Waals surface area contributed by atoms with Crippen molar-refractivity contribution in [3.8, 4) is 0 Å². The maximum Gasteiger partial charge on any atom is 0.425 e. The largest absolute Gasteiger partial charge is 0.443 e. The summed E-state index contributed by atoms with van der Waals surface area (Å²) in [6, 6.07) is 1.66. The van der Waals surface area contributed by atoms with Crippen LogP contribution in [0.5, 0.6) is 0 Å². The Morgan fingerprint density at radius 3 is 1.84 bits per heavy atom. The molecule has 0 aromatic carbocycles. The molecule has 2 amide bonds. The van der Waals surface area contributed by atoms with Gasteiger partial charge in [-0.3, -0.25) is 0 Å². The fourth-order valence-electron chi connectivity index (χ4n) is 1.91. The smallest absolute Gasteiger partial charge is 0.425 e. The molecule has 0 aliphatic carbocycles. The van der Waals surface area contributed by atoms with Crippen molar-refractivity contribution in [2.75, 3.05) is 4.90 Å². The zero-order chi connectivity index (χ0) is 19.6. The van der Waals surface area contributed by atoms with Gasteiger partial charge in [-0.05, 0) is 72.6 Å². The van der Waals surface area contributed by atoms with E-state index in [1.807, 2.05) is 0 Å². The molecule has 25 heavy (non-hydrogen) atoms. The van der Waals surface area contributed by atoms with Crippen LogP contribution in [0, 0.1) is 6.92 Å². The number of amides is 2. The quantitative estimate of drug-likeness (QED) is 0.861. The van der Waals surface area contributed by atoms with E-state index in [1.54, 1.807) is 61.5 Å². The topological polar surface area (TPSA) is 89.0 Å². The minimum absolute atomic E-state index is 0.105. The van der Waals surface area contributed by atoms with Gasteiger partial charge in [0.25, 0.3) is 0 Å². The van der Waals surface area contributed by atoms with Crippen molar-refractivity contribution in [2.24, 2.45) is 0 Å². The number of hydrogen-bond donors (Lipinski definition) is 1. The highest BCUT2D eigenvalue weighted by Crippen LogP contribution is 2.25. The van der Waals surface area contributed by atoms with Crippen molar-refractivity contribution in [1.82, 2.24) is 4.98 Å². The van der Waals surface area contributed by atoms with Crippen LogP contribution in [0.3, 0.4) is 0 Å². The average molecular weight is 352 g/mol. The van der Waals surface area contributed by atoms with E-state index in [1.165, 1.54) is 6.20 Å². The number of nitrogens with zero attached hydrogens (tertiary/aromatic N) is 2. The fraction of sp³-hybridized carbons (Fsp3) is 0.611. The number of imide groups is 1. The molecule has 0 aliphatic heterocycles. The van der Waals surface area contributed by atoms with E-state index in [4.69, 9.17) is 9.47 Å². The summed E-state index contributed by atoms with van der Waals surface area (Å²) in [5, 5.41) is 9.66. The molecule has 0 radical (unpaired) electrons. The van der Waals surface area contributed by atoms with E-state index in [9.17, 15) is 14.7 Å². The second-order valence-corrected chi connectivity index (χ2v) is 7.88. The lowest BCUT2D eigenvalue weighted by Gasteiger charge is -2.28. The van der Waals surface area contributed by atoms with Crippen LogP contribution in [0.2, 0.25) is 0 Å². The van der Waals surface area contributed by atoms with Crippen LogP contribution < -0.4 is 4.90 Å². The number of pyridine rings is 1. The van der Waals surface area contributed by atoms with E-state index in [-0.39, 0.29) is 5.82 Å². The molecule has 0 bridgehead atoms. The van der Waals surface area contributed by atoms with E-state index < -0.39 is 29.5 Å². The SMILES string of the molecule is Cc1cc(C(C)O)cnc1N(C(=O)OC(C)(C)C)C(=O)OC(C)(C)C. The molecule has 1 heterocycles. The van der Waals surface area contributed by atoms with Gasteiger partial charge in [-0.15, -0.1) is 0 Å². The summed E-state index contributed by atoms with van der Waals surface area (Å²) in [5.41, 5.74) is -0.458. The van der Waals surface area contributed by atoms with Crippen LogP contribution in [0.25, 0.3) is 0 Å². The van der Waals surface area contributed by atoms with E-state index >= 15 is 0 Å². The van der Waals surface area contributed by atoms with Gasteiger partial charge in [0.05, 0.1) is 6.10 Å². The summed E-state index contributed by atoms with van der Waals surface area (Å²) < 4.78 is 10.6. The lowest BCUT2D eigenvalue weighted by molar-refractivity contribution is 0.0428. The molecule has 140 valence electrons. The van der Waals surface area contributed by atoms with Gasteiger partial charge in [0, 0.05) is 6.20 Å². The summed E-state index contributed by atoms with van der Waals surface area (Å²) in [6.07, 6.45) is -1.05. The number of carbonyl (C=O) groups excluding carboxylic acids is 2. The average Bonchev–Trinajstić information content (AvgIpc) is 2.36. The normalized spacial score (nSPS) is 13.2. The predicted octanol–water partition coefficient (Wildman–Crippen LogP) is 4.12. The molecule has 1 N–H and O–H groups in total. The van der Waals surface area contributed by atoms with Crippen LogP contribution in [0.4, 0.5) is 15.4 Å². The Morgan fingerprint density at radius 1 is 1.08 bits per heavy atom. The number of aryl methyl sites for hydroxylation is 1. The number of hydrogen-bond acceptors (Lipinski definition) is 6. The van der Waals surface area contributed by atoms with Crippen molar-refractivity contribution in [1.29, 1.82) is 0 Å². The van der Waals surface area contributed by atoms with Gasteiger partial charge < -0.3 is 14.6 Å². The highest BCUT2D eigenvalue weighted by molar-refractivity contribution is 6.09. The number of aromatic nitrogens is 1. The first-order chi connectivity index (χ1) is 11.2. The van der Waals surface area contributed by atoms with Gasteiger partial charge in [-0.25, -0.2) is 14.6 Å². The van der Waals surface area contributed by atoms with Crippen molar-refractivity contribution >= 4 is 18.0 Å². The third-order valence-corrected chi connectivity index (χ3v) is 2.92. The predicted molar refractivity (Wildman–Crippen MR) is 94.6 cm³/mol. The monoisotopic (exact) mass is 352 g/mol. The number of carbonyl (C=O) groups is 2. The molecule has 7 nitrogen and oxygen atoms in total. The molecule has 1 aromatic heterocycles. The van der Waals surface area contributed by atoms with Crippen LogP contribution in [-0.4, -0.2) is 33.5 Å². The molecular formula is C18H28N2O5. The third kappa shape index (κ3) is 6.34. The second-order valence-electron chi connectivity index (χ2n) is 7.88. The first-order valence-electron chi connectivity index (χ1n) is 8.12. The summed E-state index contributed by atoms with van der Waals surface area (Å²) in [6.45, 7) is 13.5. The van der Waals surface area contributed by atoms with Gasteiger partial charge in [-0.2, -0.15) is 4.90 Å². The van der Waals surface area contributed by atoms with Gasteiger partial charge in [0.1, 0.15) is 11.2 Å². The lowest BCUT2D eigenvalue weighted by atomic mass is 10.1. The Labute approximate surface area is 148 Å². The van der Waals surface area contributed by atoms with E-state index in [0.717, 1.165) is 4.90 Å². The van der Waals surface area contributed by atoms with Crippen LogP contribution in [0.15, 0.2) is 12.3 Å². The Bertz CT molecular complexity index is 614. The number of aliphatic hydroxyl groups is 1. The first kappa shape index (κ1) is 20.9. The molecule has 7 heteroatoms. The number of rotatable bonds is 2. The molecule has 0 spiro atoms. The van der Waals surface area contributed by atoms with E-state index in [2.05, 4.69) is 4.98 Å². The molecule has 0 saturated carbocycles.